The Balaban J connectivity index is 2.54. The first-order chi connectivity index (χ1) is 9.63. The average Bonchev–Trinajstić information content (AvgIpc) is 2.39. The first-order valence-corrected chi connectivity index (χ1v) is 7.04. The van der Waals surface area contributed by atoms with Crippen molar-refractivity contribution >= 4 is 46.7 Å². The molecule has 1 aromatic rings. The van der Waals surface area contributed by atoms with Crippen LogP contribution in [0.3, 0.4) is 0 Å². The van der Waals surface area contributed by atoms with Gasteiger partial charge in [-0.3, -0.25) is 9.59 Å². The average molecular weight is 355 g/mol. The minimum Gasteiger partial charge on any atom is -0.482 e. The summed E-state index contributed by atoms with van der Waals surface area (Å²) in [5, 5.41) is 12.2. The van der Waals surface area contributed by atoms with Crippen LogP contribution in [0, 0.1) is 5.41 Å². The van der Waals surface area contributed by atoms with Gasteiger partial charge in [0.2, 0.25) is 0 Å². The minimum atomic E-state index is -1.06. The molecule has 116 valence electrons. The van der Waals surface area contributed by atoms with Crippen LogP contribution in [0.15, 0.2) is 12.1 Å². The summed E-state index contributed by atoms with van der Waals surface area (Å²) in [6, 6.07) is 2.81. The predicted molar refractivity (Wildman–Crippen MR) is 81.4 cm³/mol. The molecule has 0 heterocycles. The monoisotopic (exact) mass is 353 g/mol. The molecule has 1 amide bonds. The Bertz CT molecular complexity index is 561. The van der Waals surface area contributed by atoms with Crippen LogP contribution in [-0.2, 0) is 9.59 Å². The Morgan fingerprint density at radius 2 is 1.76 bits per heavy atom. The molecule has 1 rings (SSSR count). The van der Waals surface area contributed by atoms with Crippen LogP contribution in [-0.4, -0.2) is 30.1 Å². The molecule has 0 unspecified atom stereocenters. The summed E-state index contributed by atoms with van der Waals surface area (Å²) < 4.78 is 5.23. The zero-order valence-corrected chi connectivity index (χ0v) is 13.6. The molecule has 8 heteroatoms. The number of carbonyl (C=O) groups excluding carboxylic acids is 1. The van der Waals surface area contributed by atoms with Crippen molar-refractivity contribution in [3.63, 3.8) is 0 Å². The maximum atomic E-state index is 11.6. The van der Waals surface area contributed by atoms with Crippen molar-refractivity contribution in [1.29, 1.82) is 0 Å². The number of hydrogen-bond donors (Lipinski definition) is 2. The molecule has 0 aromatic heterocycles. The smallest absolute Gasteiger partial charge is 0.310 e. The van der Waals surface area contributed by atoms with Gasteiger partial charge >= 0.3 is 5.97 Å². The van der Waals surface area contributed by atoms with E-state index in [4.69, 9.17) is 44.6 Å². The lowest BCUT2D eigenvalue weighted by Crippen LogP contribution is -2.40. The number of aliphatic carboxylic acids is 1. The number of ether oxygens (including phenoxy) is 1. The number of benzene rings is 1. The SMILES string of the molecule is CC(C)(CNC(=O)COc1cc(Cl)c(Cl)cc1Cl)C(=O)O. The lowest BCUT2D eigenvalue weighted by Gasteiger charge is -2.19. The number of nitrogens with one attached hydrogen (secondary N) is 1. The van der Waals surface area contributed by atoms with Crippen molar-refractivity contribution in [2.45, 2.75) is 13.8 Å². The standard InChI is InChI=1S/C13H14Cl3NO4/c1-13(2,12(19)20)6-17-11(18)5-21-10-4-8(15)7(14)3-9(10)16/h3-4H,5-6H2,1-2H3,(H,17,18)(H,19,20). The maximum absolute atomic E-state index is 11.6. The third-order valence-electron chi connectivity index (χ3n) is 2.64. The highest BCUT2D eigenvalue weighted by molar-refractivity contribution is 6.43. The zero-order valence-electron chi connectivity index (χ0n) is 11.4. The largest absolute Gasteiger partial charge is 0.482 e. The summed E-state index contributed by atoms with van der Waals surface area (Å²) in [5.74, 6) is -1.25. The molecule has 2 N–H and O–H groups in total. The first-order valence-electron chi connectivity index (χ1n) is 5.91. The van der Waals surface area contributed by atoms with Gasteiger partial charge in [-0.15, -0.1) is 0 Å². The van der Waals surface area contributed by atoms with Crippen LogP contribution in [0.4, 0.5) is 0 Å². The molecule has 0 fully saturated rings. The van der Waals surface area contributed by atoms with Gasteiger partial charge in [-0.2, -0.15) is 0 Å². The van der Waals surface area contributed by atoms with Gasteiger partial charge in [-0.05, 0) is 19.9 Å². The minimum absolute atomic E-state index is 0.0143. The quantitative estimate of drug-likeness (QED) is 0.769. The number of rotatable bonds is 6. The highest BCUT2D eigenvalue weighted by atomic mass is 35.5. The lowest BCUT2D eigenvalue weighted by molar-refractivity contribution is -0.146. The van der Waals surface area contributed by atoms with Crippen molar-refractivity contribution in [2.75, 3.05) is 13.2 Å². The molecule has 0 aliphatic heterocycles. The van der Waals surface area contributed by atoms with Gasteiger partial charge in [0.25, 0.3) is 5.91 Å². The molecule has 0 saturated heterocycles. The zero-order chi connectivity index (χ0) is 16.2. The first kappa shape index (κ1) is 17.9. The van der Waals surface area contributed by atoms with Gasteiger partial charge in [-0.1, -0.05) is 34.8 Å². The van der Waals surface area contributed by atoms with Gasteiger partial charge < -0.3 is 15.2 Å². The van der Waals surface area contributed by atoms with Crippen LogP contribution in [0.2, 0.25) is 15.1 Å². The number of carboxylic acids is 1. The molecular formula is C13H14Cl3NO4. The van der Waals surface area contributed by atoms with Crippen molar-refractivity contribution in [3.8, 4) is 5.75 Å². The Labute approximate surface area is 137 Å². The van der Waals surface area contributed by atoms with Crippen LogP contribution < -0.4 is 10.1 Å². The summed E-state index contributed by atoms with van der Waals surface area (Å²) in [5.41, 5.74) is -1.06. The molecule has 1 aromatic carbocycles. The fraction of sp³-hybridized carbons (Fsp3) is 0.385. The number of halogens is 3. The van der Waals surface area contributed by atoms with E-state index in [0.717, 1.165) is 0 Å². The Morgan fingerprint density at radius 3 is 2.33 bits per heavy atom. The highest BCUT2D eigenvalue weighted by Crippen LogP contribution is 2.33. The van der Waals surface area contributed by atoms with Crippen molar-refractivity contribution in [2.24, 2.45) is 5.41 Å². The fourth-order valence-corrected chi connectivity index (χ4v) is 1.80. The van der Waals surface area contributed by atoms with E-state index in [1.165, 1.54) is 26.0 Å². The van der Waals surface area contributed by atoms with Crippen LogP contribution in [0.5, 0.6) is 5.75 Å². The molecule has 0 saturated carbocycles. The van der Waals surface area contributed by atoms with Gasteiger partial charge in [0.1, 0.15) is 5.75 Å². The van der Waals surface area contributed by atoms with Crippen LogP contribution in [0.25, 0.3) is 0 Å². The van der Waals surface area contributed by atoms with E-state index in [1.807, 2.05) is 0 Å². The number of carboxylic acid groups (broad SMARTS) is 1. The second-order valence-corrected chi connectivity index (χ2v) is 6.17. The summed E-state index contributed by atoms with van der Waals surface area (Å²) in [6.07, 6.45) is 0. The van der Waals surface area contributed by atoms with Gasteiger partial charge in [0, 0.05) is 12.6 Å². The van der Waals surface area contributed by atoms with E-state index < -0.39 is 17.3 Å². The van der Waals surface area contributed by atoms with Gasteiger partial charge in [0.15, 0.2) is 6.61 Å². The normalized spacial score (nSPS) is 11.1. The summed E-state index contributed by atoms with van der Waals surface area (Å²) >= 11 is 17.5. The van der Waals surface area contributed by atoms with Crippen LogP contribution >= 0.6 is 34.8 Å². The molecule has 0 aliphatic rings. The predicted octanol–water partition coefficient (Wildman–Crippen LogP) is 3.25. The number of amides is 1. The Morgan fingerprint density at radius 1 is 1.19 bits per heavy atom. The maximum Gasteiger partial charge on any atom is 0.310 e. The number of hydrogen-bond acceptors (Lipinski definition) is 3. The van der Waals surface area contributed by atoms with E-state index in [9.17, 15) is 9.59 Å². The van der Waals surface area contributed by atoms with Crippen molar-refractivity contribution in [3.05, 3.63) is 27.2 Å². The van der Waals surface area contributed by atoms with Gasteiger partial charge in [-0.25, -0.2) is 0 Å². The third-order valence-corrected chi connectivity index (χ3v) is 3.66. The Hall–Kier alpha value is -1.17. The second kappa shape index (κ2) is 7.20. The Kier molecular flexibility index (Phi) is 6.13. The van der Waals surface area contributed by atoms with Crippen molar-refractivity contribution < 1.29 is 19.4 Å². The molecule has 0 atom stereocenters. The molecular weight excluding hydrogens is 341 g/mol. The van der Waals surface area contributed by atoms with Crippen LogP contribution in [0.1, 0.15) is 13.8 Å². The molecule has 0 aliphatic carbocycles. The molecule has 21 heavy (non-hydrogen) atoms. The van der Waals surface area contributed by atoms with Gasteiger partial charge in [0.05, 0.1) is 20.5 Å². The topological polar surface area (TPSA) is 75.6 Å². The third kappa shape index (κ3) is 5.26. The summed E-state index contributed by atoms with van der Waals surface area (Å²) in [6.45, 7) is 2.69. The summed E-state index contributed by atoms with van der Waals surface area (Å²) in [7, 11) is 0. The molecule has 5 nitrogen and oxygen atoms in total. The molecule has 0 spiro atoms. The highest BCUT2D eigenvalue weighted by Gasteiger charge is 2.27. The van der Waals surface area contributed by atoms with E-state index >= 15 is 0 Å². The van der Waals surface area contributed by atoms with E-state index in [0.29, 0.717) is 0 Å². The summed E-state index contributed by atoms with van der Waals surface area (Å²) in [4.78, 5) is 22.5. The van der Waals surface area contributed by atoms with E-state index in [-0.39, 0.29) is 34.0 Å². The number of carbonyl (C=O) groups is 2. The van der Waals surface area contributed by atoms with Crippen molar-refractivity contribution in [1.82, 2.24) is 5.32 Å². The molecule has 0 radical (unpaired) electrons. The molecule has 0 bridgehead atoms. The second-order valence-electron chi connectivity index (χ2n) is 4.95. The fourth-order valence-electron chi connectivity index (χ4n) is 1.20. The van der Waals surface area contributed by atoms with E-state index in [1.54, 1.807) is 0 Å². The lowest BCUT2D eigenvalue weighted by atomic mass is 9.94. The van der Waals surface area contributed by atoms with E-state index in [2.05, 4.69) is 5.32 Å².